The van der Waals surface area contributed by atoms with E-state index in [1.165, 1.54) is 24.8 Å². The molecule has 0 spiro atoms. The Morgan fingerprint density at radius 3 is 2.38 bits per heavy atom. The molecule has 0 fully saturated rings. The lowest BCUT2D eigenvalue weighted by molar-refractivity contribution is 0.469. The van der Waals surface area contributed by atoms with E-state index in [0.717, 1.165) is 19.4 Å². The largest absolute Gasteiger partial charge is 0.314 e. The summed E-state index contributed by atoms with van der Waals surface area (Å²) in [6.45, 7) is 11.8. The highest BCUT2D eigenvalue weighted by Crippen LogP contribution is 2.11. The lowest BCUT2D eigenvalue weighted by Gasteiger charge is -2.18. The molecule has 1 N–H and O–H groups in total. The molecule has 13 heavy (non-hydrogen) atoms. The summed E-state index contributed by atoms with van der Waals surface area (Å²) >= 11 is 0. The van der Waals surface area contributed by atoms with E-state index < -0.39 is 0 Å². The van der Waals surface area contributed by atoms with Gasteiger partial charge < -0.3 is 5.32 Å². The van der Waals surface area contributed by atoms with Crippen LogP contribution in [0, 0.1) is 0 Å². The quantitative estimate of drug-likeness (QED) is 0.568. The fourth-order valence-corrected chi connectivity index (χ4v) is 1.47. The predicted molar refractivity (Wildman–Crippen MR) is 61.0 cm³/mol. The summed E-state index contributed by atoms with van der Waals surface area (Å²) in [6.07, 6.45) is 6.04. The van der Waals surface area contributed by atoms with E-state index in [1.807, 2.05) is 0 Å². The second kappa shape index (κ2) is 8.31. The van der Waals surface area contributed by atoms with Crippen molar-refractivity contribution in [2.24, 2.45) is 0 Å². The number of rotatable bonds is 8. The molecule has 0 heterocycles. The standard InChI is InChI=1S/C12H25N/c1-5-8-12(13-9-6-2)10-11(4)7-3/h12-13H,4-10H2,1-3H3. The van der Waals surface area contributed by atoms with Crippen LogP contribution in [0.3, 0.4) is 0 Å². The van der Waals surface area contributed by atoms with Crippen LogP contribution >= 0.6 is 0 Å². The van der Waals surface area contributed by atoms with Gasteiger partial charge in [0.15, 0.2) is 0 Å². The summed E-state index contributed by atoms with van der Waals surface area (Å²) in [5.74, 6) is 0. The molecule has 78 valence electrons. The van der Waals surface area contributed by atoms with Crippen LogP contribution in [0.4, 0.5) is 0 Å². The molecule has 0 aliphatic heterocycles. The Hall–Kier alpha value is -0.300. The molecular formula is C12H25N. The van der Waals surface area contributed by atoms with Crippen molar-refractivity contribution in [3.63, 3.8) is 0 Å². The molecule has 1 nitrogen and oxygen atoms in total. The van der Waals surface area contributed by atoms with Crippen LogP contribution in [0.25, 0.3) is 0 Å². The maximum Gasteiger partial charge on any atom is 0.0104 e. The van der Waals surface area contributed by atoms with Crippen molar-refractivity contribution in [3.8, 4) is 0 Å². The molecule has 0 saturated carbocycles. The Balaban J connectivity index is 3.71. The zero-order chi connectivity index (χ0) is 10.1. The van der Waals surface area contributed by atoms with E-state index in [4.69, 9.17) is 0 Å². The van der Waals surface area contributed by atoms with Crippen LogP contribution in [0.2, 0.25) is 0 Å². The van der Waals surface area contributed by atoms with E-state index >= 15 is 0 Å². The van der Waals surface area contributed by atoms with Gasteiger partial charge in [-0.2, -0.15) is 0 Å². The maximum absolute atomic E-state index is 4.06. The third kappa shape index (κ3) is 6.83. The van der Waals surface area contributed by atoms with Crippen LogP contribution < -0.4 is 5.32 Å². The Bertz CT molecular complexity index is 129. The first-order valence-corrected chi connectivity index (χ1v) is 5.64. The summed E-state index contributed by atoms with van der Waals surface area (Å²) in [5, 5.41) is 3.57. The van der Waals surface area contributed by atoms with Crippen LogP contribution in [-0.2, 0) is 0 Å². The zero-order valence-electron chi connectivity index (χ0n) is 9.53. The molecule has 0 aromatic carbocycles. The summed E-state index contributed by atoms with van der Waals surface area (Å²) < 4.78 is 0. The Morgan fingerprint density at radius 1 is 1.23 bits per heavy atom. The molecule has 0 saturated heterocycles. The first-order chi connectivity index (χ1) is 6.24. The summed E-state index contributed by atoms with van der Waals surface area (Å²) in [7, 11) is 0. The monoisotopic (exact) mass is 183 g/mol. The Labute approximate surface area is 83.6 Å². The lowest BCUT2D eigenvalue weighted by Crippen LogP contribution is -2.29. The highest BCUT2D eigenvalue weighted by Gasteiger charge is 2.06. The third-order valence-electron chi connectivity index (χ3n) is 2.36. The predicted octanol–water partition coefficient (Wildman–Crippen LogP) is 3.51. The summed E-state index contributed by atoms with van der Waals surface area (Å²) in [5.41, 5.74) is 1.38. The number of nitrogens with one attached hydrogen (secondary N) is 1. The van der Waals surface area contributed by atoms with Gasteiger partial charge in [-0.1, -0.05) is 39.3 Å². The molecule has 0 amide bonds. The second-order valence-electron chi connectivity index (χ2n) is 3.75. The molecule has 1 atom stereocenters. The topological polar surface area (TPSA) is 12.0 Å². The van der Waals surface area contributed by atoms with Crippen molar-refractivity contribution < 1.29 is 0 Å². The van der Waals surface area contributed by atoms with Crippen molar-refractivity contribution >= 4 is 0 Å². The van der Waals surface area contributed by atoms with E-state index in [-0.39, 0.29) is 0 Å². The molecule has 0 rings (SSSR count). The second-order valence-corrected chi connectivity index (χ2v) is 3.75. The van der Waals surface area contributed by atoms with Gasteiger partial charge in [-0.3, -0.25) is 0 Å². The lowest BCUT2D eigenvalue weighted by atomic mass is 10.0. The van der Waals surface area contributed by atoms with Crippen molar-refractivity contribution in [1.82, 2.24) is 5.32 Å². The van der Waals surface area contributed by atoms with E-state index in [1.54, 1.807) is 0 Å². The van der Waals surface area contributed by atoms with Crippen molar-refractivity contribution in [1.29, 1.82) is 0 Å². The summed E-state index contributed by atoms with van der Waals surface area (Å²) in [4.78, 5) is 0. The normalized spacial score (nSPS) is 12.8. The van der Waals surface area contributed by atoms with E-state index in [0.29, 0.717) is 6.04 Å². The Morgan fingerprint density at radius 2 is 1.92 bits per heavy atom. The van der Waals surface area contributed by atoms with Crippen LogP contribution in [-0.4, -0.2) is 12.6 Å². The SMILES string of the molecule is C=C(CC)CC(CCC)NCCC. The van der Waals surface area contributed by atoms with Crippen LogP contribution in [0.1, 0.15) is 52.9 Å². The van der Waals surface area contributed by atoms with Crippen molar-refractivity contribution in [3.05, 3.63) is 12.2 Å². The van der Waals surface area contributed by atoms with Crippen LogP contribution in [0.15, 0.2) is 12.2 Å². The van der Waals surface area contributed by atoms with Crippen molar-refractivity contribution in [2.45, 2.75) is 58.9 Å². The van der Waals surface area contributed by atoms with Crippen LogP contribution in [0.5, 0.6) is 0 Å². The number of hydrogen-bond acceptors (Lipinski definition) is 1. The first kappa shape index (κ1) is 12.7. The molecule has 1 unspecified atom stereocenters. The van der Waals surface area contributed by atoms with Gasteiger partial charge in [0, 0.05) is 6.04 Å². The van der Waals surface area contributed by atoms with Gasteiger partial charge in [-0.15, -0.1) is 0 Å². The molecular weight excluding hydrogens is 158 g/mol. The highest BCUT2D eigenvalue weighted by molar-refractivity contribution is 4.96. The molecule has 0 aliphatic rings. The first-order valence-electron chi connectivity index (χ1n) is 5.64. The van der Waals surface area contributed by atoms with Gasteiger partial charge >= 0.3 is 0 Å². The fourth-order valence-electron chi connectivity index (χ4n) is 1.47. The van der Waals surface area contributed by atoms with Gasteiger partial charge in [0.05, 0.1) is 0 Å². The average Bonchev–Trinajstić information content (AvgIpc) is 2.14. The molecule has 0 aromatic heterocycles. The molecule has 1 heteroatoms. The minimum atomic E-state index is 0.664. The third-order valence-corrected chi connectivity index (χ3v) is 2.36. The van der Waals surface area contributed by atoms with Gasteiger partial charge in [-0.05, 0) is 32.2 Å². The molecule has 0 aromatic rings. The van der Waals surface area contributed by atoms with E-state index in [9.17, 15) is 0 Å². The average molecular weight is 183 g/mol. The van der Waals surface area contributed by atoms with Crippen molar-refractivity contribution in [2.75, 3.05) is 6.54 Å². The van der Waals surface area contributed by atoms with Gasteiger partial charge in [0.25, 0.3) is 0 Å². The maximum atomic E-state index is 4.06. The smallest absolute Gasteiger partial charge is 0.0104 e. The summed E-state index contributed by atoms with van der Waals surface area (Å²) in [6, 6.07) is 0.664. The van der Waals surface area contributed by atoms with E-state index in [2.05, 4.69) is 32.7 Å². The zero-order valence-corrected chi connectivity index (χ0v) is 9.53. The molecule has 0 radical (unpaired) electrons. The van der Waals surface area contributed by atoms with Gasteiger partial charge in [-0.25, -0.2) is 0 Å². The molecule has 0 bridgehead atoms. The molecule has 0 aliphatic carbocycles. The number of hydrogen-bond donors (Lipinski definition) is 1. The van der Waals surface area contributed by atoms with Gasteiger partial charge in [0.1, 0.15) is 0 Å². The minimum Gasteiger partial charge on any atom is -0.314 e. The van der Waals surface area contributed by atoms with Gasteiger partial charge in [0.2, 0.25) is 0 Å². The minimum absolute atomic E-state index is 0.664. The highest BCUT2D eigenvalue weighted by atomic mass is 14.9. The fraction of sp³-hybridized carbons (Fsp3) is 0.833. The Kier molecular flexibility index (Phi) is 8.11.